The van der Waals surface area contributed by atoms with Gasteiger partial charge in [-0.05, 0) is 29.5 Å². The second-order valence-electron chi connectivity index (χ2n) is 6.24. The summed E-state index contributed by atoms with van der Waals surface area (Å²) in [5.74, 6) is -1.60. The number of hydrogen-bond acceptors (Lipinski definition) is 7. The number of halogens is 3. The Hall–Kier alpha value is -3.22. The lowest BCUT2D eigenvalue weighted by Gasteiger charge is -2.05. The van der Waals surface area contributed by atoms with Crippen LogP contribution in [0.3, 0.4) is 0 Å². The number of nitro groups is 2. The van der Waals surface area contributed by atoms with Crippen LogP contribution in [0.4, 0.5) is 17.3 Å². The van der Waals surface area contributed by atoms with E-state index >= 15 is 0 Å². The van der Waals surface area contributed by atoms with Gasteiger partial charge in [0.15, 0.2) is 5.82 Å². The van der Waals surface area contributed by atoms with Gasteiger partial charge < -0.3 is 15.4 Å². The summed E-state index contributed by atoms with van der Waals surface area (Å²) in [6.45, 7) is 0.984. The van der Waals surface area contributed by atoms with Gasteiger partial charge in [-0.1, -0.05) is 40.9 Å². The van der Waals surface area contributed by atoms with Gasteiger partial charge in [0.1, 0.15) is 17.3 Å². The van der Waals surface area contributed by atoms with Crippen molar-refractivity contribution in [3.8, 4) is 0 Å². The third kappa shape index (κ3) is 4.93. The molecular weight excluding hydrogens is 477 g/mol. The molecule has 0 radical (unpaired) electrons. The second-order valence-corrected chi connectivity index (χ2v) is 7.49. The van der Waals surface area contributed by atoms with Crippen LogP contribution in [-0.2, 0) is 17.9 Å². The number of nitrogens with zero attached hydrogens (tertiary/aromatic N) is 6. The lowest BCUT2D eigenvalue weighted by atomic mass is 10.2. The summed E-state index contributed by atoms with van der Waals surface area (Å²) in [4.78, 5) is 32.5. The highest BCUT2D eigenvalue weighted by Gasteiger charge is 2.35. The first-order chi connectivity index (χ1) is 14.6. The lowest BCUT2D eigenvalue weighted by molar-refractivity contribution is -0.424. The average Bonchev–Trinajstić information content (AvgIpc) is 3.17. The van der Waals surface area contributed by atoms with E-state index < -0.39 is 33.8 Å². The number of anilines is 1. The monoisotopic (exact) mass is 487 g/mol. The molecule has 1 amide bonds. The molecule has 3 rings (SSSR count). The molecule has 2 aromatic heterocycles. The molecule has 0 fully saturated rings. The molecule has 0 aliphatic rings. The van der Waals surface area contributed by atoms with E-state index in [4.69, 9.17) is 34.8 Å². The van der Waals surface area contributed by atoms with Gasteiger partial charge in [-0.2, -0.15) is 9.78 Å². The zero-order valence-electron chi connectivity index (χ0n) is 15.6. The minimum absolute atomic E-state index is 0.0329. The zero-order chi connectivity index (χ0) is 22.9. The quantitative estimate of drug-likeness (QED) is 0.391. The highest BCUT2D eigenvalue weighted by atomic mass is 35.5. The number of benzene rings is 1. The van der Waals surface area contributed by atoms with E-state index in [1.165, 1.54) is 17.8 Å². The average molecular weight is 489 g/mol. The molecule has 0 unspecified atom stereocenters. The highest BCUT2D eigenvalue weighted by Crippen LogP contribution is 2.29. The van der Waals surface area contributed by atoms with Gasteiger partial charge in [0.05, 0.1) is 16.6 Å². The largest absolute Gasteiger partial charge is 0.468 e. The summed E-state index contributed by atoms with van der Waals surface area (Å²) in [5, 5.41) is 33.3. The first-order valence-electron chi connectivity index (χ1n) is 8.39. The molecule has 1 N–H and O–H groups in total. The first kappa shape index (κ1) is 22.5. The summed E-state index contributed by atoms with van der Waals surface area (Å²) in [5.41, 5.74) is -0.198. The Bertz CT molecular complexity index is 1210. The van der Waals surface area contributed by atoms with Crippen LogP contribution in [-0.4, -0.2) is 35.3 Å². The Morgan fingerprint density at radius 3 is 2.42 bits per heavy atom. The molecule has 0 bridgehead atoms. The van der Waals surface area contributed by atoms with Crippen molar-refractivity contribution < 1.29 is 14.6 Å². The van der Waals surface area contributed by atoms with E-state index in [9.17, 15) is 25.0 Å². The van der Waals surface area contributed by atoms with Gasteiger partial charge in [-0.3, -0.25) is 19.6 Å². The van der Waals surface area contributed by atoms with Gasteiger partial charge in [0, 0.05) is 16.2 Å². The molecule has 3 aromatic rings. The third-order valence-electron chi connectivity index (χ3n) is 4.13. The molecule has 162 valence electrons. The second kappa shape index (κ2) is 8.88. The zero-order valence-corrected chi connectivity index (χ0v) is 17.8. The van der Waals surface area contributed by atoms with E-state index in [0.29, 0.717) is 10.0 Å². The molecule has 0 aliphatic carbocycles. The van der Waals surface area contributed by atoms with Crippen LogP contribution in [0.25, 0.3) is 0 Å². The topological polar surface area (TPSA) is 151 Å². The van der Waals surface area contributed by atoms with Crippen LogP contribution in [0, 0.1) is 27.2 Å². The van der Waals surface area contributed by atoms with Crippen LogP contribution in [0.5, 0.6) is 0 Å². The maximum absolute atomic E-state index is 12.4. The van der Waals surface area contributed by atoms with Crippen molar-refractivity contribution in [3.63, 3.8) is 0 Å². The maximum atomic E-state index is 12.4. The van der Waals surface area contributed by atoms with Crippen molar-refractivity contribution in [1.82, 2.24) is 19.6 Å². The number of nitrogens with one attached hydrogen (secondary N) is 1. The number of carbonyl (C=O) groups excluding carboxylic acids is 1. The van der Waals surface area contributed by atoms with Crippen LogP contribution >= 0.6 is 34.8 Å². The fourth-order valence-corrected chi connectivity index (χ4v) is 3.37. The molecule has 0 atom stereocenters. The van der Waals surface area contributed by atoms with Crippen LogP contribution in [0.2, 0.25) is 15.1 Å². The molecule has 0 saturated carbocycles. The van der Waals surface area contributed by atoms with E-state index in [-0.39, 0.29) is 23.1 Å². The van der Waals surface area contributed by atoms with Crippen molar-refractivity contribution in [3.05, 3.63) is 70.9 Å². The summed E-state index contributed by atoms with van der Waals surface area (Å²) in [6, 6.07) is 4.97. The van der Waals surface area contributed by atoms with Gasteiger partial charge in [-0.25, -0.2) is 0 Å². The smallest absolute Gasteiger partial charge is 0.358 e. The summed E-state index contributed by atoms with van der Waals surface area (Å²) in [6.07, 6.45) is 1.47. The van der Waals surface area contributed by atoms with Gasteiger partial charge in [0.25, 0.3) is 0 Å². The van der Waals surface area contributed by atoms with Gasteiger partial charge in [0.2, 0.25) is 5.91 Å². The standard InChI is InChI=1S/C16H12Cl3N7O5/c1-8-14(25(28)29)16(26(30)31)22-24(8)7-13(27)20-15-12(19)6-23(21-15)5-9-2-3-10(17)4-11(9)18/h2-4,6H,5,7H2,1H3,(H,20,21,27). The molecule has 12 nitrogen and oxygen atoms in total. The van der Waals surface area contributed by atoms with E-state index in [1.807, 2.05) is 0 Å². The molecular formula is C16H12Cl3N7O5. The molecule has 2 heterocycles. The predicted molar refractivity (Wildman–Crippen MR) is 112 cm³/mol. The fraction of sp³-hybridized carbons (Fsp3) is 0.188. The van der Waals surface area contributed by atoms with Crippen LogP contribution in [0.1, 0.15) is 11.3 Å². The molecule has 1 aromatic carbocycles. The summed E-state index contributed by atoms with van der Waals surface area (Å²) < 4.78 is 2.31. The number of aromatic nitrogens is 4. The highest BCUT2D eigenvalue weighted by molar-refractivity contribution is 6.35. The Morgan fingerprint density at radius 1 is 1.13 bits per heavy atom. The lowest BCUT2D eigenvalue weighted by Crippen LogP contribution is -2.21. The Labute approximate surface area is 188 Å². The number of rotatable bonds is 7. The SMILES string of the molecule is Cc1c([N+](=O)[O-])c([N+](=O)[O-])nn1CC(=O)Nc1nn(Cc2ccc(Cl)cc2Cl)cc1Cl. The summed E-state index contributed by atoms with van der Waals surface area (Å²) in [7, 11) is 0. The Kier molecular flexibility index (Phi) is 6.43. The maximum Gasteiger partial charge on any atom is 0.468 e. The Balaban J connectivity index is 1.75. The first-order valence-corrected chi connectivity index (χ1v) is 9.53. The number of hydrogen-bond donors (Lipinski definition) is 1. The Morgan fingerprint density at radius 2 is 1.84 bits per heavy atom. The number of carbonyl (C=O) groups is 1. The van der Waals surface area contributed by atoms with Crippen LogP contribution in [0.15, 0.2) is 24.4 Å². The minimum Gasteiger partial charge on any atom is -0.358 e. The van der Waals surface area contributed by atoms with E-state index in [0.717, 1.165) is 10.2 Å². The van der Waals surface area contributed by atoms with Crippen molar-refractivity contribution >= 4 is 58.0 Å². The van der Waals surface area contributed by atoms with Gasteiger partial charge >= 0.3 is 11.5 Å². The normalized spacial score (nSPS) is 10.8. The van der Waals surface area contributed by atoms with Gasteiger partial charge in [-0.15, -0.1) is 0 Å². The third-order valence-corrected chi connectivity index (χ3v) is 4.99. The van der Waals surface area contributed by atoms with Crippen molar-refractivity contribution in [2.45, 2.75) is 20.0 Å². The minimum atomic E-state index is -0.986. The molecule has 15 heteroatoms. The molecule has 31 heavy (non-hydrogen) atoms. The van der Waals surface area contributed by atoms with Crippen LogP contribution < -0.4 is 5.32 Å². The molecule has 0 saturated heterocycles. The van der Waals surface area contributed by atoms with Crippen molar-refractivity contribution in [2.75, 3.05) is 5.32 Å². The number of amides is 1. The van der Waals surface area contributed by atoms with Crippen molar-refractivity contribution in [2.24, 2.45) is 0 Å². The van der Waals surface area contributed by atoms with Crippen molar-refractivity contribution in [1.29, 1.82) is 0 Å². The summed E-state index contributed by atoms with van der Waals surface area (Å²) >= 11 is 18.1. The van der Waals surface area contributed by atoms with E-state index in [1.54, 1.807) is 18.2 Å². The predicted octanol–water partition coefficient (Wildman–Crippen LogP) is 3.85. The molecule has 0 aliphatic heterocycles. The van der Waals surface area contributed by atoms with E-state index in [2.05, 4.69) is 15.5 Å². The fourth-order valence-electron chi connectivity index (χ4n) is 2.71. The molecule has 0 spiro atoms.